The normalized spacial score (nSPS) is 12.2. The molecule has 1 unspecified atom stereocenters. The number of nitrogens with zero attached hydrogens (tertiary/aromatic N) is 4. The van der Waals surface area contributed by atoms with Crippen LogP contribution in [0.2, 0.25) is 0 Å². The summed E-state index contributed by atoms with van der Waals surface area (Å²) in [5, 5.41) is 3.81. The summed E-state index contributed by atoms with van der Waals surface area (Å²) in [7, 11) is 0. The summed E-state index contributed by atoms with van der Waals surface area (Å²) in [6.07, 6.45) is 4.93. The van der Waals surface area contributed by atoms with Crippen LogP contribution in [0.15, 0.2) is 61.1 Å². The first kappa shape index (κ1) is 25.7. The van der Waals surface area contributed by atoms with Crippen molar-refractivity contribution in [3.63, 3.8) is 0 Å². The molecule has 0 saturated carbocycles. The summed E-state index contributed by atoms with van der Waals surface area (Å²) in [4.78, 5) is 49.5. The molecule has 0 fully saturated rings. The van der Waals surface area contributed by atoms with E-state index in [0.717, 1.165) is 22.4 Å². The lowest BCUT2D eigenvalue weighted by molar-refractivity contribution is -0.127. The number of hydrogen-bond donors (Lipinski definition) is 3. The number of carbonyl (C=O) groups excluding carboxylic acids is 3. The van der Waals surface area contributed by atoms with Gasteiger partial charge in [0.25, 0.3) is 11.8 Å². The predicted octanol–water partition coefficient (Wildman–Crippen LogP) is 3.07. The number of pyridine rings is 2. The van der Waals surface area contributed by atoms with Crippen LogP contribution in [0.5, 0.6) is 0 Å². The largest absolute Gasteiger partial charge is 0.395 e. The Kier molecular flexibility index (Phi) is 7.16. The zero-order chi connectivity index (χ0) is 26.7. The molecule has 1 atom stereocenters. The number of nitrogen functional groups attached to an aromatic ring is 1. The van der Waals surface area contributed by atoms with Gasteiger partial charge in [-0.2, -0.15) is 4.37 Å². The summed E-state index contributed by atoms with van der Waals surface area (Å²) >= 11 is 0.767. The van der Waals surface area contributed by atoms with Crippen molar-refractivity contribution in [2.24, 2.45) is 5.73 Å². The maximum absolute atomic E-state index is 14.0. The van der Waals surface area contributed by atoms with Crippen molar-refractivity contribution >= 4 is 45.8 Å². The van der Waals surface area contributed by atoms with E-state index in [0.29, 0.717) is 11.1 Å². The van der Waals surface area contributed by atoms with Gasteiger partial charge in [0.05, 0.1) is 11.2 Å². The van der Waals surface area contributed by atoms with Crippen LogP contribution in [0.3, 0.4) is 0 Å². The van der Waals surface area contributed by atoms with Gasteiger partial charge in [-0.25, -0.2) is 0 Å². The molecule has 0 radical (unpaired) electrons. The predicted molar refractivity (Wildman–Crippen MR) is 142 cm³/mol. The fraction of sp³-hybridized carbons (Fsp3) is 0.231. The molecular formula is C26H27N7O3S. The average molecular weight is 518 g/mol. The lowest BCUT2D eigenvalue weighted by atomic mass is 9.99. The van der Waals surface area contributed by atoms with E-state index in [-0.39, 0.29) is 28.7 Å². The Morgan fingerprint density at radius 3 is 2.51 bits per heavy atom. The molecule has 3 amide bonds. The minimum atomic E-state index is -1.05. The topological polar surface area (TPSA) is 157 Å². The van der Waals surface area contributed by atoms with Crippen LogP contribution in [-0.2, 0) is 11.3 Å². The molecule has 37 heavy (non-hydrogen) atoms. The van der Waals surface area contributed by atoms with E-state index in [4.69, 9.17) is 11.5 Å². The van der Waals surface area contributed by atoms with Gasteiger partial charge in [0.1, 0.15) is 10.9 Å². The number of aromatic nitrogens is 3. The van der Waals surface area contributed by atoms with Gasteiger partial charge in [0.15, 0.2) is 5.69 Å². The third-order valence-corrected chi connectivity index (χ3v) is 6.34. The number of nitrogens with one attached hydrogen (secondary N) is 1. The number of primary amides is 1. The molecule has 3 heterocycles. The van der Waals surface area contributed by atoms with Crippen LogP contribution in [0.4, 0.5) is 5.69 Å². The van der Waals surface area contributed by atoms with Crippen LogP contribution in [0, 0.1) is 0 Å². The van der Waals surface area contributed by atoms with E-state index in [1.807, 2.05) is 32.9 Å². The molecule has 0 aliphatic rings. The van der Waals surface area contributed by atoms with Crippen molar-refractivity contribution in [2.45, 2.75) is 38.9 Å². The Balaban J connectivity index is 1.88. The van der Waals surface area contributed by atoms with Crippen LogP contribution >= 0.6 is 11.5 Å². The number of amides is 3. The van der Waals surface area contributed by atoms with Gasteiger partial charge in [-0.15, -0.1) is 0 Å². The first-order chi connectivity index (χ1) is 17.5. The van der Waals surface area contributed by atoms with Crippen molar-refractivity contribution in [1.82, 2.24) is 24.6 Å². The maximum Gasteiger partial charge on any atom is 0.270 e. The van der Waals surface area contributed by atoms with Gasteiger partial charge >= 0.3 is 0 Å². The lowest BCUT2D eigenvalue weighted by Crippen LogP contribution is -2.49. The van der Waals surface area contributed by atoms with E-state index < -0.39 is 23.4 Å². The highest BCUT2D eigenvalue weighted by Crippen LogP contribution is 2.31. The molecule has 0 bridgehead atoms. The fourth-order valence-corrected chi connectivity index (χ4v) is 4.66. The quantitative estimate of drug-likeness (QED) is 0.340. The summed E-state index contributed by atoms with van der Waals surface area (Å²) in [6, 6.07) is 11.6. The van der Waals surface area contributed by atoms with Gasteiger partial charge in [0.2, 0.25) is 5.91 Å². The Bertz CT molecular complexity index is 1460. The molecule has 4 rings (SSSR count). The number of benzene rings is 1. The minimum Gasteiger partial charge on any atom is -0.395 e. The first-order valence-corrected chi connectivity index (χ1v) is 12.2. The van der Waals surface area contributed by atoms with Gasteiger partial charge in [-0.1, -0.05) is 18.2 Å². The summed E-state index contributed by atoms with van der Waals surface area (Å²) in [6.45, 7) is 5.63. The smallest absolute Gasteiger partial charge is 0.270 e. The number of hydrogen-bond acceptors (Lipinski definition) is 8. The summed E-state index contributed by atoms with van der Waals surface area (Å²) < 4.78 is 3.98. The van der Waals surface area contributed by atoms with Crippen molar-refractivity contribution in [3.05, 3.63) is 82.8 Å². The van der Waals surface area contributed by atoms with E-state index >= 15 is 0 Å². The van der Waals surface area contributed by atoms with Gasteiger partial charge in [-0.05, 0) is 67.7 Å². The number of nitrogens with two attached hydrogens (primary N) is 2. The molecule has 1 aromatic carbocycles. The van der Waals surface area contributed by atoms with Gasteiger partial charge in [-0.3, -0.25) is 24.4 Å². The van der Waals surface area contributed by atoms with E-state index in [1.54, 1.807) is 48.9 Å². The molecule has 4 aromatic rings. The molecule has 0 aliphatic carbocycles. The SMILES string of the molecule is CC(C)(C)NC(=O)C(c1ccc2ncccc2c1)N(Cc1cccnc1)C(=O)c1snc(C(N)=O)c1N. The Hall–Kier alpha value is -4.38. The highest BCUT2D eigenvalue weighted by Gasteiger charge is 2.36. The summed E-state index contributed by atoms with van der Waals surface area (Å²) in [5.74, 6) is -1.78. The van der Waals surface area contributed by atoms with Crippen LogP contribution in [-0.4, -0.2) is 42.5 Å². The number of rotatable bonds is 7. The molecule has 0 spiro atoms. The van der Waals surface area contributed by atoms with E-state index in [1.165, 1.54) is 4.90 Å². The summed E-state index contributed by atoms with van der Waals surface area (Å²) in [5.41, 5.74) is 12.6. The number of anilines is 1. The van der Waals surface area contributed by atoms with Crippen molar-refractivity contribution in [2.75, 3.05) is 5.73 Å². The molecule has 0 aliphatic heterocycles. The Morgan fingerprint density at radius 1 is 1.11 bits per heavy atom. The fourth-order valence-electron chi connectivity index (χ4n) is 3.90. The third kappa shape index (κ3) is 5.72. The number of carbonyl (C=O) groups is 3. The molecule has 11 heteroatoms. The second-order valence-electron chi connectivity index (χ2n) is 9.53. The third-order valence-electron chi connectivity index (χ3n) is 5.49. The molecule has 0 saturated heterocycles. The Labute approximate surface area is 217 Å². The van der Waals surface area contributed by atoms with Crippen molar-refractivity contribution in [1.29, 1.82) is 0 Å². The average Bonchev–Trinajstić information content (AvgIpc) is 3.24. The second kappa shape index (κ2) is 10.3. The standard InChI is InChI=1S/C26H27N7O3S/c1-26(2,3)31-24(35)21(17-8-9-18-16(12-17)7-5-11-30-18)33(14-15-6-4-10-29-13-15)25(36)22-19(27)20(23(28)34)32-37-22/h4-13,21H,14,27H2,1-3H3,(H2,28,34)(H,31,35). The molecule has 10 nitrogen and oxygen atoms in total. The van der Waals surface area contributed by atoms with Crippen LogP contribution in [0.1, 0.15) is 58.1 Å². The van der Waals surface area contributed by atoms with Gasteiger partial charge in [0, 0.05) is 36.1 Å². The number of fused-ring (bicyclic) bond motifs is 1. The Morgan fingerprint density at radius 2 is 1.86 bits per heavy atom. The molecular weight excluding hydrogens is 490 g/mol. The van der Waals surface area contributed by atoms with Gasteiger partial charge < -0.3 is 21.7 Å². The van der Waals surface area contributed by atoms with Crippen LogP contribution in [0.25, 0.3) is 10.9 Å². The van der Waals surface area contributed by atoms with E-state index in [9.17, 15) is 14.4 Å². The maximum atomic E-state index is 14.0. The van der Waals surface area contributed by atoms with Crippen molar-refractivity contribution in [3.8, 4) is 0 Å². The molecule has 5 N–H and O–H groups in total. The lowest BCUT2D eigenvalue weighted by Gasteiger charge is -2.33. The van der Waals surface area contributed by atoms with Crippen LogP contribution < -0.4 is 16.8 Å². The molecule has 190 valence electrons. The van der Waals surface area contributed by atoms with E-state index in [2.05, 4.69) is 19.7 Å². The first-order valence-electron chi connectivity index (χ1n) is 11.5. The highest BCUT2D eigenvalue weighted by molar-refractivity contribution is 7.09. The highest BCUT2D eigenvalue weighted by atomic mass is 32.1. The zero-order valence-corrected chi connectivity index (χ0v) is 21.5. The molecule has 3 aromatic heterocycles. The monoisotopic (exact) mass is 517 g/mol. The van der Waals surface area contributed by atoms with Crippen molar-refractivity contribution < 1.29 is 14.4 Å². The minimum absolute atomic E-state index is 0.0219. The second-order valence-corrected chi connectivity index (χ2v) is 10.3. The zero-order valence-electron chi connectivity index (χ0n) is 20.6.